The first-order valence-corrected chi connectivity index (χ1v) is 6.48. The van der Waals surface area contributed by atoms with E-state index in [1.165, 1.54) is 39.0 Å². The molecule has 0 radical (unpaired) electrons. The molecule has 0 saturated heterocycles. The molecule has 1 aromatic carbocycles. The fourth-order valence-electron chi connectivity index (χ4n) is 2.53. The lowest BCUT2D eigenvalue weighted by atomic mass is 9.79. The van der Waals surface area contributed by atoms with E-state index in [9.17, 15) is 5.11 Å². The highest BCUT2D eigenvalue weighted by molar-refractivity contribution is 5.30. The number of hydrogen-bond acceptors (Lipinski definition) is 3. The van der Waals surface area contributed by atoms with Crippen LogP contribution in [-0.2, 0) is 15.1 Å². The Morgan fingerprint density at radius 3 is 2.11 bits per heavy atom. The number of methoxy groups -OCH3 is 2. The summed E-state index contributed by atoms with van der Waals surface area (Å²) >= 11 is 0. The van der Waals surface area contributed by atoms with Gasteiger partial charge in [0, 0.05) is 14.2 Å². The van der Waals surface area contributed by atoms with Crippen LogP contribution in [0.1, 0.15) is 43.2 Å². The van der Waals surface area contributed by atoms with Crippen molar-refractivity contribution in [1.29, 1.82) is 0 Å². The summed E-state index contributed by atoms with van der Waals surface area (Å²) in [5.41, 5.74) is 1.05. The average molecular weight is 250 g/mol. The van der Waals surface area contributed by atoms with E-state index >= 15 is 0 Å². The molecule has 0 spiro atoms. The quantitative estimate of drug-likeness (QED) is 0.817. The van der Waals surface area contributed by atoms with Crippen LogP contribution in [0.25, 0.3) is 0 Å². The molecular formula is C15H22O3. The lowest BCUT2D eigenvalue weighted by Crippen LogP contribution is -2.39. The fourth-order valence-corrected chi connectivity index (χ4v) is 2.53. The topological polar surface area (TPSA) is 38.7 Å². The van der Waals surface area contributed by atoms with E-state index in [0.717, 1.165) is 5.56 Å². The van der Waals surface area contributed by atoms with Gasteiger partial charge in [0.25, 0.3) is 0 Å². The Hall–Kier alpha value is -0.900. The SMILES string of the molecule is COC(OC)C(C)(O)c1ccc(C2CCC2)cc1. The second-order valence-electron chi connectivity index (χ2n) is 5.20. The van der Waals surface area contributed by atoms with Crippen molar-refractivity contribution in [3.05, 3.63) is 35.4 Å². The Morgan fingerprint density at radius 1 is 1.17 bits per heavy atom. The van der Waals surface area contributed by atoms with Gasteiger partial charge < -0.3 is 14.6 Å². The van der Waals surface area contributed by atoms with E-state index in [1.54, 1.807) is 6.92 Å². The second kappa shape index (κ2) is 5.39. The summed E-state index contributed by atoms with van der Waals surface area (Å²) in [5, 5.41) is 10.5. The standard InChI is InChI=1S/C15H22O3/c1-15(16,14(17-2)18-3)13-9-7-12(8-10-13)11-5-4-6-11/h7-11,14,16H,4-6H2,1-3H3. The average Bonchev–Trinajstić information content (AvgIpc) is 2.28. The molecule has 1 unspecified atom stereocenters. The lowest BCUT2D eigenvalue weighted by Gasteiger charge is -2.32. The monoisotopic (exact) mass is 250 g/mol. The molecule has 0 aliphatic heterocycles. The Labute approximate surface area is 109 Å². The van der Waals surface area contributed by atoms with Gasteiger partial charge in [0.1, 0.15) is 5.60 Å². The summed E-state index contributed by atoms with van der Waals surface area (Å²) in [6.45, 7) is 1.71. The zero-order valence-electron chi connectivity index (χ0n) is 11.3. The van der Waals surface area contributed by atoms with Crippen LogP contribution in [-0.4, -0.2) is 25.6 Å². The highest BCUT2D eigenvalue weighted by Crippen LogP contribution is 2.37. The third kappa shape index (κ3) is 2.44. The first kappa shape index (κ1) is 13.5. The van der Waals surface area contributed by atoms with Crippen LogP contribution in [0.2, 0.25) is 0 Å². The van der Waals surface area contributed by atoms with Crippen LogP contribution in [0.3, 0.4) is 0 Å². The Bertz CT molecular complexity index is 375. The third-order valence-electron chi connectivity index (χ3n) is 3.96. The van der Waals surface area contributed by atoms with Crippen molar-refractivity contribution >= 4 is 0 Å². The van der Waals surface area contributed by atoms with Gasteiger partial charge in [-0.15, -0.1) is 0 Å². The number of benzene rings is 1. The van der Waals surface area contributed by atoms with E-state index in [2.05, 4.69) is 12.1 Å². The minimum Gasteiger partial charge on any atom is -0.380 e. The van der Waals surface area contributed by atoms with Crippen molar-refractivity contribution in [2.45, 2.75) is 44.0 Å². The summed E-state index contributed by atoms with van der Waals surface area (Å²) in [7, 11) is 3.07. The van der Waals surface area contributed by atoms with Gasteiger partial charge in [-0.05, 0) is 36.8 Å². The normalized spacial score (nSPS) is 19.6. The maximum Gasteiger partial charge on any atom is 0.189 e. The number of rotatable bonds is 5. The second-order valence-corrected chi connectivity index (χ2v) is 5.20. The first-order chi connectivity index (χ1) is 8.59. The van der Waals surface area contributed by atoms with Gasteiger partial charge in [0.05, 0.1) is 0 Å². The van der Waals surface area contributed by atoms with Gasteiger partial charge >= 0.3 is 0 Å². The third-order valence-corrected chi connectivity index (χ3v) is 3.96. The van der Waals surface area contributed by atoms with Gasteiger partial charge in [0.2, 0.25) is 0 Å². The van der Waals surface area contributed by atoms with Gasteiger partial charge in [0.15, 0.2) is 6.29 Å². The molecule has 3 heteroatoms. The van der Waals surface area contributed by atoms with Crippen LogP contribution >= 0.6 is 0 Å². The molecule has 1 aliphatic carbocycles. The van der Waals surface area contributed by atoms with E-state index in [4.69, 9.17) is 9.47 Å². The van der Waals surface area contributed by atoms with Crippen molar-refractivity contribution in [2.24, 2.45) is 0 Å². The maximum atomic E-state index is 10.5. The molecule has 2 rings (SSSR count). The summed E-state index contributed by atoms with van der Waals surface area (Å²) in [5.74, 6) is 0.713. The molecule has 0 aromatic heterocycles. The van der Waals surface area contributed by atoms with E-state index in [0.29, 0.717) is 5.92 Å². The molecule has 0 amide bonds. The van der Waals surface area contributed by atoms with Crippen molar-refractivity contribution in [3.63, 3.8) is 0 Å². The highest BCUT2D eigenvalue weighted by atomic mass is 16.7. The largest absolute Gasteiger partial charge is 0.380 e. The summed E-state index contributed by atoms with van der Waals surface area (Å²) in [6, 6.07) is 8.16. The molecule has 1 aliphatic rings. The van der Waals surface area contributed by atoms with Gasteiger partial charge in [-0.3, -0.25) is 0 Å². The predicted molar refractivity (Wildman–Crippen MR) is 70.4 cm³/mol. The van der Waals surface area contributed by atoms with Gasteiger partial charge in [-0.1, -0.05) is 30.7 Å². The number of hydrogen-bond donors (Lipinski definition) is 1. The Morgan fingerprint density at radius 2 is 1.72 bits per heavy atom. The molecular weight excluding hydrogens is 228 g/mol. The van der Waals surface area contributed by atoms with Gasteiger partial charge in [-0.2, -0.15) is 0 Å². The highest BCUT2D eigenvalue weighted by Gasteiger charge is 2.34. The maximum absolute atomic E-state index is 10.5. The molecule has 18 heavy (non-hydrogen) atoms. The van der Waals surface area contributed by atoms with Crippen molar-refractivity contribution < 1.29 is 14.6 Å². The fraction of sp³-hybridized carbons (Fsp3) is 0.600. The number of aliphatic hydroxyl groups is 1. The predicted octanol–water partition coefficient (Wildman–Crippen LogP) is 2.78. The van der Waals surface area contributed by atoms with Crippen LogP contribution in [0.4, 0.5) is 0 Å². The Kier molecular flexibility index (Phi) is 4.05. The van der Waals surface area contributed by atoms with Crippen LogP contribution < -0.4 is 0 Å². The van der Waals surface area contributed by atoms with Crippen LogP contribution in [0.5, 0.6) is 0 Å². The summed E-state index contributed by atoms with van der Waals surface area (Å²) in [6.07, 6.45) is 3.25. The smallest absolute Gasteiger partial charge is 0.189 e. The summed E-state index contributed by atoms with van der Waals surface area (Å²) in [4.78, 5) is 0. The molecule has 100 valence electrons. The van der Waals surface area contributed by atoms with Crippen LogP contribution in [0.15, 0.2) is 24.3 Å². The van der Waals surface area contributed by atoms with Crippen molar-refractivity contribution in [1.82, 2.24) is 0 Å². The zero-order valence-corrected chi connectivity index (χ0v) is 11.3. The van der Waals surface area contributed by atoms with Crippen molar-refractivity contribution in [2.75, 3.05) is 14.2 Å². The molecule has 0 bridgehead atoms. The van der Waals surface area contributed by atoms with E-state index < -0.39 is 11.9 Å². The Balaban J connectivity index is 2.16. The summed E-state index contributed by atoms with van der Waals surface area (Å²) < 4.78 is 10.3. The molecule has 3 nitrogen and oxygen atoms in total. The lowest BCUT2D eigenvalue weighted by molar-refractivity contribution is -0.213. The molecule has 1 atom stereocenters. The number of ether oxygens (including phenoxy) is 2. The minimum absolute atomic E-state index is 0.660. The van der Waals surface area contributed by atoms with E-state index in [-0.39, 0.29) is 0 Å². The molecule has 1 aromatic rings. The molecule has 1 saturated carbocycles. The first-order valence-electron chi connectivity index (χ1n) is 6.48. The van der Waals surface area contributed by atoms with Crippen molar-refractivity contribution in [3.8, 4) is 0 Å². The minimum atomic E-state index is -1.14. The molecule has 1 N–H and O–H groups in total. The zero-order chi connectivity index (χ0) is 13.2. The molecule has 1 fully saturated rings. The van der Waals surface area contributed by atoms with E-state index in [1.807, 2.05) is 12.1 Å². The van der Waals surface area contributed by atoms with Gasteiger partial charge in [-0.25, -0.2) is 0 Å². The van der Waals surface area contributed by atoms with Crippen LogP contribution in [0, 0.1) is 0 Å². The molecule has 0 heterocycles.